The standard InChI is InChI=1S/C42H24O2/c1-2-10-25(11-3-1)40-29-13-4-6-15-31(29)41(32-16-7-5-14-30(32)40)27-19-21-38-35(22-27)36-24-34-26(23-39(36)43-38)18-20-33-28-12-8-9-17-37(28)44-42(33)34/h1-24H. The van der Waals surface area contributed by atoms with E-state index in [0.717, 1.165) is 54.6 Å². The molecule has 0 spiro atoms. The average molecular weight is 561 g/mol. The first kappa shape index (κ1) is 23.7. The van der Waals surface area contributed by atoms with Crippen molar-refractivity contribution in [3.63, 3.8) is 0 Å². The maximum absolute atomic E-state index is 6.44. The monoisotopic (exact) mass is 560 g/mol. The Balaban J connectivity index is 1.28. The lowest BCUT2D eigenvalue weighted by atomic mass is 9.86. The van der Waals surface area contributed by atoms with Crippen molar-refractivity contribution in [1.82, 2.24) is 0 Å². The largest absolute Gasteiger partial charge is 0.456 e. The lowest BCUT2D eigenvalue weighted by Gasteiger charge is -2.17. The molecule has 0 amide bonds. The summed E-state index contributed by atoms with van der Waals surface area (Å²) in [7, 11) is 0. The Morgan fingerprint density at radius 2 is 0.886 bits per heavy atom. The predicted molar refractivity (Wildman–Crippen MR) is 184 cm³/mol. The molecule has 0 atom stereocenters. The maximum Gasteiger partial charge on any atom is 0.143 e. The quantitative estimate of drug-likeness (QED) is 0.197. The second-order valence-electron chi connectivity index (χ2n) is 11.6. The van der Waals surface area contributed by atoms with Crippen molar-refractivity contribution in [3.05, 3.63) is 146 Å². The molecule has 0 aliphatic rings. The summed E-state index contributed by atoms with van der Waals surface area (Å²) in [5.41, 5.74) is 8.52. The predicted octanol–water partition coefficient (Wildman–Crippen LogP) is 12.3. The van der Waals surface area contributed by atoms with Crippen LogP contribution >= 0.6 is 0 Å². The van der Waals surface area contributed by atoms with Crippen molar-refractivity contribution >= 4 is 76.2 Å². The molecule has 0 bridgehead atoms. The van der Waals surface area contributed by atoms with E-state index in [1.54, 1.807) is 0 Å². The summed E-state index contributed by atoms with van der Waals surface area (Å²) in [6.07, 6.45) is 0. The van der Waals surface area contributed by atoms with E-state index >= 15 is 0 Å². The first-order chi connectivity index (χ1) is 21.8. The Labute approximate surface area is 252 Å². The molecule has 10 aromatic rings. The first-order valence-electron chi connectivity index (χ1n) is 15.0. The number of rotatable bonds is 2. The van der Waals surface area contributed by atoms with Gasteiger partial charge in [-0.15, -0.1) is 0 Å². The molecular weight excluding hydrogens is 536 g/mol. The molecule has 0 unspecified atom stereocenters. The van der Waals surface area contributed by atoms with E-state index in [1.165, 1.54) is 43.8 Å². The number of furan rings is 2. The van der Waals surface area contributed by atoms with Crippen molar-refractivity contribution in [3.8, 4) is 22.3 Å². The molecule has 0 aliphatic carbocycles. The second kappa shape index (κ2) is 8.82. The van der Waals surface area contributed by atoms with Crippen LogP contribution in [0.25, 0.3) is 98.4 Å². The van der Waals surface area contributed by atoms with E-state index in [4.69, 9.17) is 8.83 Å². The molecule has 204 valence electrons. The minimum Gasteiger partial charge on any atom is -0.456 e. The fourth-order valence-corrected chi connectivity index (χ4v) is 7.29. The van der Waals surface area contributed by atoms with E-state index in [2.05, 4.69) is 133 Å². The van der Waals surface area contributed by atoms with Gasteiger partial charge < -0.3 is 8.83 Å². The van der Waals surface area contributed by atoms with Crippen LogP contribution in [0.5, 0.6) is 0 Å². The van der Waals surface area contributed by atoms with Crippen LogP contribution < -0.4 is 0 Å². The van der Waals surface area contributed by atoms with Gasteiger partial charge in [0.2, 0.25) is 0 Å². The highest BCUT2D eigenvalue weighted by Gasteiger charge is 2.18. The van der Waals surface area contributed by atoms with Gasteiger partial charge in [-0.05, 0) is 85.6 Å². The molecule has 0 radical (unpaired) electrons. The maximum atomic E-state index is 6.44. The lowest BCUT2D eigenvalue weighted by Crippen LogP contribution is -1.90. The minimum absolute atomic E-state index is 0.884. The average Bonchev–Trinajstić information content (AvgIpc) is 3.64. The van der Waals surface area contributed by atoms with Gasteiger partial charge in [0.15, 0.2) is 0 Å². The lowest BCUT2D eigenvalue weighted by molar-refractivity contribution is 0.669. The number of benzene rings is 8. The molecule has 8 aromatic carbocycles. The molecule has 0 N–H and O–H groups in total. The first-order valence-corrected chi connectivity index (χ1v) is 15.0. The molecule has 44 heavy (non-hydrogen) atoms. The molecule has 2 aromatic heterocycles. The van der Waals surface area contributed by atoms with Gasteiger partial charge in [0.1, 0.15) is 22.3 Å². The summed E-state index contributed by atoms with van der Waals surface area (Å²) >= 11 is 0. The van der Waals surface area contributed by atoms with E-state index in [1.807, 2.05) is 12.1 Å². The van der Waals surface area contributed by atoms with Gasteiger partial charge in [-0.1, -0.05) is 109 Å². The summed E-state index contributed by atoms with van der Waals surface area (Å²) in [6.45, 7) is 0. The van der Waals surface area contributed by atoms with Crippen LogP contribution in [-0.2, 0) is 0 Å². The summed E-state index contributed by atoms with van der Waals surface area (Å²) in [5.74, 6) is 0. The van der Waals surface area contributed by atoms with Gasteiger partial charge in [-0.3, -0.25) is 0 Å². The van der Waals surface area contributed by atoms with E-state index in [-0.39, 0.29) is 0 Å². The zero-order chi connectivity index (χ0) is 28.8. The molecule has 2 nitrogen and oxygen atoms in total. The van der Waals surface area contributed by atoms with E-state index in [0.29, 0.717) is 0 Å². The van der Waals surface area contributed by atoms with Crippen LogP contribution in [0.4, 0.5) is 0 Å². The van der Waals surface area contributed by atoms with Crippen molar-refractivity contribution in [1.29, 1.82) is 0 Å². The Bertz CT molecular complexity index is 2700. The van der Waals surface area contributed by atoms with Crippen LogP contribution in [0, 0.1) is 0 Å². The summed E-state index contributed by atoms with van der Waals surface area (Å²) in [5, 5.41) is 11.7. The van der Waals surface area contributed by atoms with Crippen LogP contribution in [0.2, 0.25) is 0 Å². The molecule has 0 fully saturated rings. The Morgan fingerprint density at radius 3 is 1.61 bits per heavy atom. The fourth-order valence-electron chi connectivity index (χ4n) is 7.29. The van der Waals surface area contributed by atoms with Crippen LogP contribution in [-0.4, -0.2) is 0 Å². The van der Waals surface area contributed by atoms with Gasteiger partial charge in [-0.25, -0.2) is 0 Å². The smallest absolute Gasteiger partial charge is 0.143 e. The number of fused-ring (bicyclic) bond motifs is 10. The van der Waals surface area contributed by atoms with E-state index in [9.17, 15) is 0 Å². The normalized spacial score (nSPS) is 12.1. The second-order valence-corrected chi connectivity index (χ2v) is 11.6. The number of hydrogen-bond acceptors (Lipinski definition) is 2. The zero-order valence-corrected chi connectivity index (χ0v) is 23.7. The molecule has 0 saturated heterocycles. The summed E-state index contributed by atoms with van der Waals surface area (Å²) in [6, 6.07) is 52.0. The molecule has 10 rings (SSSR count). The topological polar surface area (TPSA) is 26.3 Å². The zero-order valence-electron chi connectivity index (χ0n) is 23.7. The SMILES string of the molecule is c1ccc(-c2c3ccccc3c(-c3ccc4oc5cc6ccc7c8ccccc8oc7c6cc5c4c3)c3ccccc23)cc1. The summed E-state index contributed by atoms with van der Waals surface area (Å²) < 4.78 is 12.9. The van der Waals surface area contributed by atoms with Crippen LogP contribution in [0.1, 0.15) is 0 Å². The van der Waals surface area contributed by atoms with Gasteiger partial charge in [-0.2, -0.15) is 0 Å². The Kier molecular flexibility index (Phi) is 4.75. The fraction of sp³-hybridized carbons (Fsp3) is 0. The highest BCUT2D eigenvalue weighted by molar-refractivity contribution is 6.23. The highest BCUT2D eigenvalue weighted by Crippen LogP contribution is 2.45. The van der Waals surface area contributed by atoms with Crippen LogP contribution in [0.3, 0.4) is 0 Å². The third kappa shape index (κ3) is 3.25. The minimum atomic E-state index is 0.884. The molecule has 0 saturated carbocycles. The Morgan fingerprint density at radius 1 is 0.295 bits per heavy atom. The van der Waals surface area contributed by atoms with Crippen LogP contribution in [0.15, 0.2) is 154 Å². The van der Waals surface area contributed by atoms with Crippen molar-refractivity contribution in [2.75, 3.05) is 0 Å². The van der Waals surface area contributed by atoms with Crippen molar-refractivity contribution in [2.24, 2.45) is 0 Å². The molecule has 2 heterocycles. The molecular formula is C42H24O2. The molecule has 0 aliphatic heterocycles. The van der Waals surface area contributed by atoms with Gasteiger partial charge in [0, 0.05) is 26.9 Å². The van der Waals surface area contributed by atoms with Gasteiger partial charge in [0.25, 0.3) is 0 Å². The van der Waals surface area contributed by atoms with Crippen molar-refractivity contribution in [2.45, 2.75) is 0 Å². The third-order valence-corrected chi connectivity index (χ3v) is 9.23. The number of para-hydroxylation sites is 1. The summed E-state index contributed by atoms with van der Waals surface area (Å²) in [4.78, 5) is 0. The highest BCUT2D eigenvalue weighted by atomic mass is 16.3. The Hall–Kier alpha value is -5.86. The number of hydrogen-bond donors (Lipinski definition) is 0. The van der Waals surface area contributed by atoms with Gasteiger partial charge >= 0.3 is 0 Å². The van der Waals surface area contributed by atoms with Gasteiger partial charge in [0.05, 0.1) is 0 Å². The van der Waals surface area contributed by atoms with E-state index < -0.39 is 0 Å². The van der Waals surface area contributed by atoms with Crippen molar-refractivity contribution < 1.29 is 8.83 Å². The third-order valence-electron chi connectivity index (χ3n) is 9.23. The molecule has 2 heteroatoms.